The van der Waals surface area contributed by atoms with Gasteiger partial charge in [-0.15, -0.1) is 0 Å². The van der Waals surface area contributed by atoms with Gasteiger partial charge < -0.3 is 4.74 Å². The van der Waals surface area contributed by atoms with E-state index in [1.807, 2.05) is 30.3 Å². The number of fused-ring (bicyclic) bond motifs is 1. The number of rotatable bonds is 4. The summed E-state index contributed by atoms with van der Waals surface area (Å²) < 4.78 is 33.3. The second-order valence-corrected chi connectivity index (χ2v) is 8.18. The summed E-state index contributed by atoms with van der Waals surface area (Å²) in [5, 5.41) is -0.434. The molecule has 1 aliphatic carbocycles. The number of nitrogens with zero attached hydrogens (tertiary/aromatic N) is 1. The number of ether oxygens (including phenoxy) is 1. The van der Waals surface area contributed by atoms with Crippen LogP contribution in [0.2, 0.25) is 0 Å². The van der Waals surface area contributed by atoms with Gasteiger partial charge in [0.15, 0.2) is 0 Å². The molecule has 126 valence electrons. The van der Waals surface area contributed by atoms with Crippen LogP contribution in [0.5, 0.6) is 0 Å². The summed E-state index contributed by atoms with van der Waals surface area (Å²) in [4.78, 5) is 4.59. The van der Waals surface area contributed by atoms with E-state index in [2.05, 4.69) is 16.6 Å². The molecule has 23 heavy (non-hydrogen) atoms. The fourth-order valence-electron chi connectivity index (χ4n) is 3.37. The molecular weight excluding hydrogens is 312 g/mol. The summed E-state index contributed by atoms with van der Waals surface area (Å²) in [7, 11) is -3.38. The van der Waals surface area contributed by atoms with E-state index in [-0.39, 0.29) is 18.2 Å². The monoisotopic (exact) mass is 336 g/mol. The molecule has 0 bridgehead atoms. The van der Waals surface area contributed by atoms with Crippen LogP contribution in [0.25, 0.3) is 0 Å². The first-order chi connectivity index (χ1) is 11.1. The van der Waals surface area contributed by atoms with Crippen molar-refractivity contribution in [3.63, 3.8) is 0 Å². The molecule has 0 aromatic heterocycles. The standard InChI is InChI=1S/C17H24N2O3S/c1-2-8-14(13-9-4-3-5-10-13)18-17-19-23(20,21)16-12-7-6-11-15(16)22-17/h3-5,9-10,14-16H,2,6-8,11-12H2,1H3,(H,18,19)/t14-,15?,16?/m0/s1. The van der Waals surface area contributed by atoms with Crippen LogP contribution >= 0.6 is 0 Å². The van der Waals surface area contributed by atoms with Crippen molar-refractivity contribution in [3.8, 4) is 0 Å². The SMILES string of the molecule is CCC[C@H](N=C1NS(=O)(=O)C2CCCCC2O1)c1ccccc1. The Bertz CT molecular complexity index is 658. The Labute approximate surface area is 138 Å². The Morgan fingerprint density at radius 2 is 2.00 bits per heavy atom. The zero-order valence-corrected chi connectivity index (χ0v) is 14.3. The Balaban J connectivity index is 1.85. The number of hydrogen-bond acceptors (Lipinski definition) is 4. The van der Waals surface area contributed by atoms with Crippen molar-refractivity contribution < 1.29 is 13.2 Å². The summed E-state index contributed by atoms with van der Waals surface area (Å²) in [5.74, 6) is 0. The lowest BCUT2D eigenvalue weighted by Gasteiger charge is -2.36. The van der Waals surface area contributed by atoms with Gasteiger partial charge in [0.1, 0.15) is 11.4 Å². The van der Waals surface area contributed by atoms with E-state index in [9.17, 15) is 8.42 Å². The summed E-state index contributed by atoms with van der Waals surface area (Å²) >= 11 is 0. The molecule has 1 saturated heterocycles. The van der Waals surface area contributed by atoms with Gasteiger partial charge in [0, 0.05) is 0 Å². The lowest BCUT2D eigenvalue weighted by atomic mass is 9.97. The van der Waals surface area contributed by atoms with E-state index >= 15 is 0 Å². The maximum absolute atomic E-state index is 12.4. The van der Waals surface area contributed by atoms with Gasteiger partial charge in [-0.2, -0.15) is 0 Å². The van der Waals surface area contributed by atoms with Crippen LogP contribution in [0.4, 0.5) is 0 Å². The largest absolute Gasteiger partial charge is 0.460 e. The van der Waals surface area contributed by atoms with Crippen LogP contribution in [-0.4, -0.2) is 25.8 Å². The molecule has 1 saturated carbocycles. The Kier molecular flexibility index (Phi) is 4.90. The second kappa shape index (κ2) is 6.91. The lowest BCUT2D eigenvalue weighted by Crippen LogP contribution is -2.54. The van der Waals surface area contributed by atoms with Gasteiger partial charge in [-0.05, 0) is 31.2 Å². The minimum atomic E-state index is -3.38. The van der Waals surface area contributed by atoms with Gasteiger partial charge >= 0.3 is 0 Å². The van der Waals surface area contributed by atoms with Gasteiger partial charge in [-0.1, -0.05) is 50.1 Å². The van der Waals surface area contributed by atoms with Crippen LogP contribution in [0.15, 0.2) is 35.3 Å². The van der Waals surface area contributed by atoms with Gasteiger partial charge in [-0.3, -0.25) is 0 Å². The van der Waals surface area contributed by atoms with Gasteiger partial charge in [0.2, 0.25) is 10.0 Å². The predicted molar refractivity (Wildman–Crippen MR) is 90.7 cm³/mol. The topological polar surface area (TPSA) is 67.8 Å². The molecule has 2 aliphatic rings. The highest BCUT2D eigenvalue weighted by Crippen LogP contribution is 2.30. The smallest absolute Gasteiger partial charge is 0.299 e. The van der Waals surface area contributed by atoms with Crippen molar-refractivity contribution in [1.29, 1.82) is 0 Å². The number of hydrogen-bond donors (Lipinski definition) is 1. The van der Waals surface area contributed by atoms with Gasteiger partial charge in [0.05, 0.1) is 6.04 Å². The first-order valence-corrected chi connectivity index (χ1v) is 9.96. The molecule has 0 spiro atoms. The fourth-order valence-corrected chi connectivity index (χ4v) is 4.93. The van der Waals surface area contributed by atoms with Crippen molar-refractivity contribution in [3.05, 3.63) is 35.9 Å². The van der Waals surface area contributed by atoms with Crippen molar-refractivity contribution in [2.75, 3.05) is 0 Å². The number of benzene rings is 1. The highest BCUT2D eigenvalue weighted by Gasteiger charge is 2.42. The predicted octanol–water partition coefficient (Wildman–Crippen LogP) is 3.14. The average Bonchev–Trinajstić information content (AvgIpc) is 2.55. The molecule has 1 aromatic rings. The zero-order valence-electron chi connectivity index (χ0n) is 13.4. The van der Waals surface area contributed by atoms with Crippen molar-refractivity contribution >= 4 is 16.0 Å². The fraction of sp³-hybridized carbons (Fsp3) is 0.588. The van der Waals surface area contributed by atoms with E-state index in [0.717, 1.165) is 37.7 Å². The number of nitrogens with one attached hydrogen (secondary N) is 1. The Morgan fingerprint density at radius 1 is 1.26 bits per heavy atom. The lowest BCUT2D eigenvalue weighted by molar-refractivity contribution is 0.131. The van der Waals surface area contributed by atoms with E-state index in [1.165, 1.54) is 0 Å². The highest BCUT2D eigenvalue weighted by molar-refractivity contribution is 7.90. The molecule has 3 atom stereocenters. The van der Waals surface area contributed by atoms with Crippen molar-refractivity contribution in [1.82, 2.24) is 4.72 Å². The molecule has 0 amide bonds. The number of amidine groups is 1. The second-order valence-electron chi connectivity index (χ2n) is 6.28. The van der Waals surface area contributed by atoms with Crippen LogP contribution in [0, 0.1) is 0 Å². The number of sulfonamides is 1. The van der Waals surface area contributed by atoms with Crippen molar-refractivity contribution in [2.24, 2.45) is 4.99 Å². The van der Waals surface area contributed by atoms with E-state index in [1.54, 1.807) is 0 Å². The molecule has 1 heterocycles. The van der Waals surface area contributed by atoms with Crippen LogP contribution in [0.1, 0.15) is 57.1 Å². The molecule has 3 rings (SSSR count). The maximum Gasteiger partial charge on any atom is 0.299 e. The third-order valence-corrected chi connectivity index (χ3v) is 6.35. The van der Waals surface area contributed by atoms with Crippen LogP contribution < -0.4 is 4.72 Å². The van der Waals surface area contributed by atoms with Gasteiger partial charge in [-0.25, -0.2) is 18.1 Å². The van der Waals surface area contributed by atoms with Gasteiger partial charge in [0.25, 0.3) is 6.02 Å². The molecule has 2 fully saturated rings. The molecule has 1 aromatic carbocycles. The van der Waals surface area contributed by atoms with Crippen LogP contribution in [-0.2, 0) is 14.8 Å². The normalized spacial score (nSPS) is 29.2. The minimum Gasteiger partial charge on any atom is -0.460 e. The minimum absolute atomic E-state index is 0.0842. The Morgan fingerprint density at radius 3 is 2.74 bits per heavy atom. The highest BCUT2D eigenvalue weighted by atomic mass is 32.2. The first-order valence-electron chi connectivity index (χ1n) is 8.41. The first kappa shape index (κ1) is 16.3. The molecule has 6 heteroatoms. The third kappa shape index (κ3) is 3.68. The van der Waals surface area contributed by atoms with Crippen molar-refractivity contribution in [2.45, 2.75) is 62.8 Å². The maximum atomic E-state index is 12.4. The van der Waals surface area contributed by atoms with E-state index < -0.39 is 15.3 Å². The summed E-state index contributed by atoms with van der Waals surface area (Å²) in [6.45, 7) is 2.10. The molecule has 1 aliphatic heterocycles. The summed E-state index contributed by atoms with van der Waals surface area (Å²) in [5.41, 5.74) is 1.08. The molecule has 1 N–H and O–H groups in total. The molecular formula is C17H24N2O3S. The van der Waals surface area contributed by atoms with Crippen LogP contribution in [0.3, 0.4) is 0 Å². The molecule has 2 unspecified atom stereocenters. The average molecular weight is 336 g/mol. The molecule has 0 radical (unpaired) electrons. The van der Waals surface area contributed by atoms with E-state index in [4.69, 9.17) is 4.74 Å². The third-order valence-electron chi connectivity index (χ3n) is 4.55. The quantitative estimate of drug-likeness (QED) is 0.918. The molecule has 5 nitrogen and oxygen atoms in total. The zero-order chi connectivity index (χ0) is 16.3. The summed E-state index contributed by atoms with van der Waals surface area (Å²) in [6.07, 6.45) is 4.98. The summed E-state index contributed by atoms with van der Waals surface area (Å²) in [6, 6.07) is 10.0. The number of aliphatic imine (C=N–C) groups is 1. The van der Waals surface area contributed by atoms with E-state index in [0.29, 0.717) is 6.42 Å². The Hall–Kier alpha value is -1.56.